The van der Waals surface area contributed by atoms with Crippen molar-refractivity contribution in [2.45, 2.75) is 39.5 Å². The largest absolute Gasteiger partial charge is 0.369 e. The zero-order valence-electron chi connectivity index (χ0n) is 9.76. The van der Waals surface area contributed by atoms with Gasteiger partial charge in [-0.25, -0.2) is 9.97 Å². The van der Waals surface area contributed by atoms with Crippen molar-refractivity contribution in [3.8, 4) is 0 Å². The average molecular weight is 272 g/mol. The smallest absolute Gasteiger partial charge is 0.144 e. The average Bonchev–Trinajstić information content (AvgIpc) is 2.14. The number of nitrogens with one attached hydrogen (secondary N) is 1. The van der Waals surface area contributed by atoms with E-state index < -0.39 is 0 Å². The van der Waals surface area contributed by atoms with Crippen molar-refractivity contribution >= 4 is 21.7 Å². The summed E-state index contributed by atoms with van der Waals surface area (Å²) in [7, 11) is 0. The molecule has 0 fully saturated rings. The molecule has 84 valence electrons. The van der Waals surface area contributed by atoms with E-state index in [9.17, 15) is 0 Å². The van der Waals surface area contributed by atoms with Gasteiger partial charge in [-0.05, 0) is 22.4 Å². The molecule has 0 bridgehead atoms. The van der Waals surface area contributed by atoms with E-state index in [-0.39, 0.29) is 5.41 Å². The maximum atomic E-state index is 4.32. The molecule has 1 aromatic heterocycles. The Balaban J connectivity index is 3.01. The van der Waals surface area contributed by atoms with E-state index in [0.717, 1.165) is 29.0 Å². The normalized spacial score (nSPS) is 11.5. The first kappa shape index (κ1) is 12.4. The van der Waals surface area contributed by atoms with Gasteiger partial charge < -0.3 is 5.32 Å². The number of hydrogen-bond acceptors (Lipinski definition) is 3. The molecule has 0 aliphatic rings. The fourth-order valence-corrected chi connectivity index (χ4v) is 2.20. The third-order valence-electron chi connectivity index (χ3n) is 2.04. The Bertz CT molecular complexity index is 331. The molecule has 1 N–H and O–H groups in total. The third-order valence-corrected chi connectivity index (χ3v) is 2.79. The van der Waals surface area contributed by atoms with Crippen LogP contribution in [0.3, 0.4) is 0 Å². The van der Waals surface area contributed by atoms with Gasteiger partial charge in [0, 0.05) is 12.0 Å². The van der Waals surface area contributed by atoms with Crippen LogP contribution in [-0.2, 0) is 5.41 Å². The van der Waals surface area contributed by atoms with E-state index in [2.05, 4.69) is 58.9 Å². The SMILES string of the molecule is CCCNc1ncnc(C(C)(C)C)c1Br. The predicted octanol–water partition coefficient (Wildman–Crippen LogP) is 3.36. The molecule has 1 aromatic rings. The van der Waals surface area contributed by atoms with E-state index in [0.29, 0.717) is 0 Å². The lowest BCUT2D eigenvalue weighted by molar-refractivity contribution is 0.563. The second kappa shape index (κ2) is 4.92. The minimum Gasteiger partial charge on any atom is -0.369 e. The Labute approximate surface area is 99.8 Å². The molecule has 0 atom stereocenters. The highest BCUT2D eigenvalue weighted by Gasteiger charge is 2.20. The molecule has 0 amide bonds. The molecular weight excluding hydrogens is 254 g/mol. The van der Waals surface area contributed by atoms with Crippen LogP contribution in [0.15, 0.2) is 10.8 Å². The summed E-state index contributed by atoms with van der Waals surface area (Å²) >= 11 is 3.56. The number of hydrogen-bond donors (Lipinski definition) is 1. The lowest BCUT2D eigenvalue weighted by Crippen LogP contribution is -2.16. The Morgan fingerprint density at radius 2 is 2.00 bits per heavy atom. The van der Waals surface area contributed by atoms with Gasteiger partial charge in [0.05, 0.1) is 10.2 Å². The van der Waals surface area contributed by atoms with E-state index >= 15 is 0 Å². The molecule has 0 saturated heterocycles. The predicted molar refractivity (Wildman–Crippen MR) is 67.2 cm³/mol. The number of nitrogens with zero attached hydrogens (tertiary/aromatic N) is 2. The fraction of sp³-hybridized carbons (Fsp3) is 0.636. The standard InChI is InChI=1S/C11H18BrN3/c1-5-6-13-10-8(12)9(11(2,3)4)14-7-15-10/h7H,5-6H2,1-4H3,(H,13,14,15). The molecule has 0 radical (unpaired) electrons. The van der Waals surface area contributed by atoms with Crippen LogP contribution in [0.1, 0.15) is 39.8 Å². The third kappa shape index (κ3) is 3.16. The highest BCUT2D eigenvalue weighted by atomic mass is 79.9. The molecular formula is C11H18BrN3. The van der Waals surface area contributed by atoms with Gasteiger partial charge >= 0.3 is 0 Å². The molecule has 0 aliphatic heterocycles. The molecule has 0 spiro atoms. The lowest BCUT2D eigenvalue weighted by Gasteiger charge is -2.20. The molecule has 0 aromatic carbocycles. The van der Waals surface area contributed by atoms with Crippen molar-refractivity contribution in [1.82, 2.24) is 9.97 Å². The van der Waals surface area contributed by atoms with Crippen LogP contribution in [0.5, 0.6) is 0 Å². The van der Waals surface area contributed by atoms with Crippen molar-refractivity contribution in [3.05, 3.63) is 16.5 Å². The van der Waals surface area contributed by atoms with Gasteiger partial charge in [-0.15, -0.1) is 0 Å². The molecule has 15 heavy (non-hydrogen) atoms. The Hall–Kier alpha value is -0.640. The Morgan fingerprint density at radius 3 is 2.53 bits per heavy atom. The van der Waals surface area contributed by atoms with Gasteiger partial charge in [-0.1, -0.05) is 27.7 Å². The van der Waals surface area contributed by atoms with Crippen LogP contribution in [0.2, 0.25) is 0 Å². The van der Waals surface area contributed by atoms with Crippen molar-refractivity contribution < 1.29 is 0 Å². The summed E-state index contributed by atoms with van der Waals surface area (Å²) in [6.07, 6.45) is 2.70. The van der Waals surface area contributed by atoms with E-state index in [1.54, 1.807) is 6.33 Å². The van der Waals surface area contributed by atoms with Crippen LogP contribution < -0.4 is 5.32 Å². The maximum Gasteiger partial charge on any atom is 0.144 e. The second-order valence-corrected chi connectivity index (χ2v) is 5.35. The van der Waals surface area contributed by atoms with Crippen LogP contribution in [-0.4, -0.2) is 16.5 Å². The first-order valence-electron chi connectivity index (χ1n) is 5.21. The summed E-state index contributed by atoms with van der Waals surface area (Å²) in [6, 6.07) is 0. The first-order valence-corrected chi connectivity index (χ1v) is 6.01. The molecule has 0 aliphatic carbocycles. The van der Waals surface area contributed by atoms with E-state index in [4.69, 9.17) is 0 Å². The zero-order valence-corrected chi connectivity index (χ0v) is 11.3. The van der Waals surface area contributed by atoms with Crippen molar-refractivity contribution in [1.29, 1.82) is 0 Å². The van der Waals surface area contributed by atoms with Gasteiger partial charge in [0.2, 0.25) is 0 Å². The summed E-state index contributed by atoms with van der Waals surface area (Å²) in [6.45, 7) is 9.49. The number of aromatic nitrogens is 2. The first-order chi connectivity index (χ1) is 6.96. The summed E-state index contributed by atoms with van der Waals surface area (Å²) in [5.74, 6) is 0.886. The minimum atomic E-state index is 0.0322. The van der Waals surface area contributed by atoms with Gasteiger partial charge in [0.25, 0.3) is 0 Å². The fourth-order valence-electron chi connectivity index (χ4n) is 1.26. The van der Waals surface area contributed by atoms with Crippen LogP contribution in [0.25, 0.3) is 0 Å². The zero-order chi connectivity index (χ0) is 11.5. The van der Waals surface area contributed by atoms with Crippen LogP contribution in [0.4, 0.5) is 5.82 Å². The van der Waals surface area contributed by atoms with Gasteiger partial charge in [0.15, 0.2) is 0 Å². The van der Waals surface area contributed by atoms with Crippen molar-refractivity contribution in [2.24, 2.45) is 0 Å². The minimum absolute atomic E-state index is 0.0322. The Kier molecular flexibility index (Phi) is 4.08. The van der Waals surface area contributed by atoms with Crippen molar-refractivity contribution in [2.75, 3.05) is 11.9 Å². The van der Waals surface area contributed by atoms with Crippen molar-refractivity contribution in [3.63, 3.8) is 0 Å². The molecule has 3 nitrogen and oxygen atoms in total. The monoisotopic (exact) mass is 271 g/mol. The summed E-state index contributed by atoms with van der Waals surface area (Å²) in [5.41, 5.74) is 1.07. The van der Waals surface area contributed by atoms with Gasteiger partial charge in [0.1, 0.15) is 12.1 Å². The lowest BCUT2D eigenvalue weighted by atomic mass is 9.92. The number of anilines is 1. The van der Waals surface area contributed by atoms with E-state index in [1.165, 1.54) is 0 Å². The van der Waals surface area contributed by atoms with Crippen LogP contribution >= 0.6 is 15.9 Å². The quantitative estimate of drug-likeness (QED) is 0.916. The highest BCUT2D eigenvalue weighted by Crippen LogP contribution is 2.31. The second-order valence-electron chi connectivity index (χ2n) is 4.56. The maximum absolute atomic E-state index is 4.32. The molecule has 0 unspecified atom stereocenters. The molecule has 0 saturated carbocycles. The van der Waals surface area contributed by atoms with Gasteiger partial charge in [-0.3, -0.25) is 0 Å². The molecule has 1 rings (SSSR count). The topological polar surface area (TPSA) is 37.8 Å². The number of rotatable bonds is 3. The van der Waals surface area contributed by atoms with Crippen LogP contribution in [0, 0.1) is 0 Å². The van der Waals surface area contributed by atoms with E-state index in [1.807, 2.05) is 0 Å². The number of halogens is 1. The summed E-state index contributed by atoms with van der Waals surface area (Å²) < 4.78 is 0.978. The highest BCUT2D eigenvalue weighted by molar-refractivity contribution is 9.10. The Morgan fingerprint density at radius 1 is 1.33 bits per heavy atom. The summed E-state index contributed by atoms with van der Waals surface area (Å²) in [5, 5.41) is 3.28. The molecule has 4 heteroatoms. The summed E-state index contributed by atoms with van der Waals surface area (Å²) in [4.78, 5) is 8.54. The molecule has 1 heterocycles. The van der Waals surface area contributed by atoms with Gasteiger partial charge in [-0.2, -0.15) is 0 Å².